The van der Waals surface area contributed by atoms with Gasteiger partial charge in [-0.2, -0.15) is 0 Å². The van der Waals surface area contributed by atoms with Crippen LogP contribution < -0.4 is 10.1 Å². The molecule has 0 aliphatic carbocycles. The Hall–Kier alpha value is -1.71. The average Bonchev–Trinajstić information content (AvgIpc) is 2.46. The third-order valence-corrected chi connectivity index (χ3v) is 3.68. The first-order valence-corrected chi connectivity index (χ1v) is 7.67. The molecule has 0 heterocycles. The van der Waals surface area contributed by atoms with E-state index in [0.29, 0.717) is 22.2 Å². The van der Waals surface area contributed by atoms with Crippen molar-refractivity contribution in [2.24, 2.45) is 0 Å². The first-order valence-electron chi connectivity index (χ1n) is 6.91. The lowest BCUT2D eigenvalue weighted by Crippen LogP contribution is -2.37. The molecule has 0 spiro atoms. The monoisotopic (exact) mass is 337 g/mol. The second kappa shape index (κ2) is 7.52. The Morgan fingerprint density at radius 3 is 2.64 bits per heavy atom. The molecule has 22 heavy (non-hydrogen) atoms. The van der Waals surface area contributed by atoms with Crippen LogP contribution >= 0.6 is 23.2 Å². The molecule has 3 nitrogen and oxygen atoms in total. The van der Waals surface area contributed by atoms with E-state index in [0.717, 1.165) is 11.3 Å². The molecule has 0 aromatic heterocycles. The van der Waals surface area contributed by atoms with Gasteiger partial charge in [0.1, 0.15) is 12.4 Å². The van der Waals surface area contributed by atoms with E-state index in [2.05, 4.69) is 5.32 Å². The van der Waals surface area contributed by atoms with E-state index in [9.17, 15) is 4.79 Å². The Morgan fingerprint density at radius 1 is 1.23 bits per heavy atom. The van der Waals surface area contributed by atoms with Crippen molar-refractivity contribution in [2.75, 3.05) is 6.61 Å². The van der Waals surface area contributed by atoms with Gasteiger partial charge in [-0.05, 0) is 43.7 Å². The number of hydrogen-bond acceptors (Lipinski definition) is 2. The van der Waals surface area contributed by atoms with Crippen molar-refractivity contribution in [3.8, 4) is 5.75 Å². The van der Waals surface area contributed by atoms with Crippen LogP contribution in [-0.2, 0) is 0 Å². The molecule has 2 rings (SSSR count). The molecule has 5 heteroatoms. The van der Waals surface area contributed by atoms with Gasteiger partial charge < -0.3 is 10.1 Å². The Kier molecular flexibility index (Phi) is 5.69. The van der Waals surface area contributed by atoms with Crippen LogP contribution in [0.25, 0.3) is 0 Å². The van der Waals surface area contributed by atoms with E-state index in [-0.39, 0.29) is 11.9 Å². The first kappa shape index (κ1) is 16.7. The summed E-state index contributed by atoms with van der Waals surface area (Å²) >= 11 is 11.8. The van der Waals surface area contributed by atoms with E-state index < -0.39 is 0 Å². The Labute approximate surface area is 140 Å². The van der Waals surface area contributed by atoms with Crippen LogP contribution in [0.1, 0.15) is 22.8 Å². The highest BCUT2D eigenvalue weighted by atomic mass is 35.5. The maximum atomic E-state index is 12.2. The summed E-state index contributed by atoms with van der Waals surface area (Å²) in [6.07, 6.45) is 0. The van der Waals surface area contributed by atoms with Crippen LogP contribution in [0.2, 0.25) is 10.0 Å². The Balaban J connectivity index is 1.93. The van der Waals surface area contributed by atoms with Gasteiger partial charge in [0.15, 0.2) is 0 Å². The van der Waals surface area contributed by atoms with Crippen LogP contribution in [-0.4, -0.2) is 18.6 Å². The number of carbonyl (C=O) groups excluding carboxylic acids is 1. The van der Waals surface area contributed by atoms with Crippen molar-refractivity contribution in [1.29, 1.82) is 0 Å². The van der Waals surface area contributed by atoms with Crippen molar-refractivity contribution >= 4 is 29.1 Å². The van der Waals surface area contributed by atoms with Crippen molar-refractivity contribution in [2.45, 2.75) is 19.9 Å². The van der Waals surface area contributed by atoms with E-state index >= 15 is 0 Å². The first-order chi connectivity index (χ1) is 10.5. The molecule has 0 radical (unpaired) electrons. The maximum Gasteiger partial charge on any atom is 0.253 e. The van der Waals surface area contributed by atoms with Crippen molar-refractivity contribution in [3.63, 3.8) is 0 Å². The summed E-state index contributed by atoms with van der Waals surface area (Å²) in [5.74, 6) is 0.565. The standard InChI is InChI=1S/C17H17Cl2NO2/c1-11-5-3-4-6-16(11)22-10-12(2)20-17(21)14-8-7-13(18)9-15(14)19/h3-9,12H,10H2,1-2H3,(H,20,21). The molecule has 0 fully saturated rings. The number of ether oxygens (including phenoxy) is 1. The molecule has 0 saturated heterocycles. The molecule has 2 aromatic carbocycles. The van der Waals surface area contributed by atoms with Gasteiger partial charge in [0.05, 0.1) is 16.6 Å². The van der Waals surface area contributed by atoms with Crippen LogP contribution in [0.4, 0.5) is 0 Å². The van der Waals surface area contributed by atoms with Gasteiger partial charge in [-0.3, -0.25) is 4.79 Å². The summed E-state index contributed by atoms with van der Waals surface area (Å²) in [5, 5.41) is 3.68. The van der Waals surface area contributed by atoms with Gasteiger partial charge in [-0.25, -0.2) is 0 Å². The number of aryl methyl sites for hydroxylation is 1. The van der Waals surface area contributed by atoms with E-state index in [1.807, 2.05) is 38.1 Å². The zero-order chi connectivity index (χ0) is 16.1. The van der Waals surface area contributed by atoms with Gasteiger partial charge in [-0.15, -0.1) is 0 Å². The van der Waals surface area contributed by atoms with Gasteiger partial charge in [0, 0.05) is 5.02 Å². The quantitative estimate of drug-likeness (QED) is 0.872. The minimum atomic E-state index is -0.248. The van der Waals surface area contributed by atoms with Gasteiger partial charge in [-0.1, -0.05) is 41.4 Å². The van der Waals surface area contributed by atoms with Crippen LogP contribution in [0.5, 0.6) is 5.75 Å². The minimum absolute atomic E-state index is 0.154. The lowest BCUT2D eigenvalue weighted by molar-refractivity contribution is 0.0927. The molecular weight excluding hydrogens is 321 g/mol. The predicted molar refractivity (Wildman–Crippen MR) is 90.1 cm³/mol. The predicted octanol–water partition coefficient (Wildman–Crippen LogP) is 4.50. The smallest absolute Gasteiger partial charge is 0.253 e. The Bertz CT molecular complexity index is 673. The van der Waals surface area contributed by atoms with E-state index in [4.69, 9.17) is 27.9 Å². The van der Waals surface area contributed by atoms with Crippen molar-refractivity contribution in [3.05, 3.63) is 63.6 Å². The van der Waals surface area contributed by atoms with Gasteiger partial charge >= 0.3 is 0 Å². The molecular formula is C17H17Cl2NO2. The summed E-state index contributed by atoms with van der Waals surface area (Å²) in [7, 11) is 0. The Morgan fingerprint density at radius 2 is 1.95 bits per heavy atom. The molecule has 2 aromatic rings. The largest absolute Gasteiger partial charge is 0.491 e. The zero-order valence-electron chi connectivity index (χ0n) is 12.4. The highest BCUT2D eigenvalue weighted by molar-refractivity contribution is 6.36. The van der Waals surface area contributed by atoms with Gasteiger partial charge in [0.25, 0.3) is 5.91 Å². The number of halogens is 2. The second-order valence-corrected chi connectivity index (χ2v) is 5.92. The van der Waals surface area contributed by atoms with Gasteiger partial charge in [0.2, 0.25) is 0 Å². The fraction of sp³-hybridized carbons (Fsp3) is 0.235. The molecule has 1 amide bonds. The molecule has 1 unspecified atom stereocenters. The summed E-state index contributed by atoms with van der Waals surface area (Å²) in [4.78, 5) is 12.2. The molecule has 0 aliphatic rings. The number of nitrogens with one attached hydrogen (secondary N) is 1. The third-order valence-electron chi connectivity index (χ3n) is 3.14. The number of benzene rings is 2. The maximum absolute atomic E-state index is 12.2. The average molecular weight is 338 g/mol. The number of para-hydroxylation sites is 1. The molecule has 0 saturated carbocycles. The van der Waals surface area contributed by atoms with Crippen LogP contribution in [0, 0.1) is 6.92 Å². The molecule has 1 N–H and O–H groups in total. The number of rotatable bonds is 5. The highest BCUT2D eigenvalue weighted by Gasteiger charge is 2.14. The van der Waals surface area contributed by atoms with E-state index in [1.165, 1.54) is 0 Å². The SMILES string of the molecule is Cc1ccccc1OCC(C)NC(=O)c1ccc(Cl)cc1Cl. The molecule has 0 bridgehead atoms. The third kappa shape index (κ3) is 4.39. The molecule has 0 aliphatic heterocycles. The van der Waals surface area contributed by atoms with Crippen molar-refractivity contribution < 1.29 is 9.53 Å². The fourth-order valence-electron chi connectivity index (χ4n) is 1.95. The second-order valence-electron chi connectivity index (χ2n) is 5.08. The topological polar surface area (TPSA) is 38.3 Å². The van der Waals surface area contributed by atoms with Crippen molar-refractivity contribution in [1.82, 2.24) is 5.32 Å². The number of hydrogen-bond donors (Lipinski definition) is 1. The summed E-state index contributed by atoms with van der Waals surface area (Å²) < 4.78 is 5.72. The lowest BCUT2D eigenvalue weighted by Gasteiger charge is -2.16. The molecule has 1 atom stereocenters. The van der Waals surface area contributed by atoms with E-state index in [1.54, 1.807) is 18.2 Å². The normalized spacial score (nSPS) is 11.8. The van der Waals surface area contributed by atoms with Crippen LogP contribution in [0.15, 0.2) is 42.5 Å². The number of amides is 1. The zero-order valence-corrected chi connectivity index (χ0v) is 13.9. The van der Waals surface area contributed by atoms with Crippen LogP contribution in [0.3, 0.4) is 0 Å². The lowest BCUT2D eigenvalue weighted by atomic mass is 10.2. The summed E-state index contributed by atoms with van der Waals surface area (Å²) in [6, 6.07) is 12.4. The number of carbonyl (C=O) groups is 1. The summed E-state index contributed by atoms with van der Waals surface area (Å²) in [6.45, 7) is 4.23. The molecule has 116 valence electrons. The fourth-order valence-corrected chi connectivity index (χ4v) is 2.44. The summed E-state index contributed by atoms with van der Waals surface area (Å²) in [5.41, 5.74) is 1.45. The minimum Gasteiger partial charge on any atom is -0.491 e. The highest BCUT2D eigenvalue weighted by Crippen LogP contribution is 2.21.